The van der Waals surface area contributed by atoms with Crippen molar-refractivity contribution >= 4 is 5.97 Å². The lowest BCUT2D eigenvalue weighted by atomic mass is 10.0. The van der Waals surface area contributed by atoms with Crippen molar-refractivity contribution in [3.05, 3.63) is 65.7 Å². The van der Waals surface area contributed by atoms with Gasteiger partial charge in [-0.1, -0.05) is 42.5 Å². The second kappa shape index (κ2) is 8.67. The molecule has 1 N–H and O–H groups in total. The van der Waals surface area contributed by atoms with Crippen molar-refractivity contribution in [2.24, 2.45) is 0 Å². The molecule has 0 aliphatic heterocycles. The van der Waals surface area contributed by atoms with Crippen LogP contribution < -0.4 is 10.1 Å². The van der Waals surface area contributed by atoms with E-state index in [9.17, 15) is 4.79 Å². The number of carbonyl (C=O) groups is 1. The Kier molecular flexibility index (Phi) is 6.59. The Balaban J connectivity index is 2.05. The number of esters is 1. The minimum absolute atomic E-state index is 0.0989. The molecule has 1 atom stereocenters. The van der Waals surface area contributed by atoms with Crippen LogP contribution in [0.1, 0.15) is 44.4 Å². The monoisotopic (exact) mass is 341 g/mol. The molecule has 0 saturated heterocycles. The highest BCUT2D eigenvalue weighted by Gasteiger charge is 2.21. The van der Waals surface area contributed by atoms with E-state index >= 15 is 0 Å². The summed E-state index contributed by atoms with van der Waals surface area (Å²) in [7, 11) is 1.65. The van der Waals surface area contributed by atoms with Gasteiger partial charge in [-0.25, -0.2) is 0 Å². The average molecular weight is 341 g/mol. The lowest BCUT2D eigenvalue weighted by Gasteiger charge is -2.23. The number of ether oxygens (including phenoxy) is 2. The fraction of sp³-hybridized carbons (Fsp3) is 0.381. The molecule has 4 heteroatoms. The third kappa shape index (κ3) is 6.59. The Morgan fingerprint density at radius 2 is 1.68 bits per heavy atom. The van der Waals surface area contributed by atoms with Crippen molar-refractivity contribution in [3.63, 3.8) is 0 Å². The van der Waals surface area contributed by atoms with Gasteiger partial charge in [0.1, 0.15) is 11.4 Å². The van der Waals surface area contributed by atoms with E-state index in [1.807, 2.05) is 75.4 Å². The number of hydrogen-bond acceptors (Lipinski definition) is 4. The molecule has 0 amide bonds. The summed E-state index contributed by atoms with van der Waals surface area (Å²) in [5.41, 5.74) is 1.72. The Bertz CT molecular complexity index is 660. The van der Waals surface area contributed by atoms with Crippen LogP contribution in [0.3, 0.4) is 0 Å². The summed E-state index contributed by atoms with van der Waals surface area (Å²) >= 11 is 0. The van der Waals surface area contributed by atoms with Gasteiger partial charge < -0.3 is 14.8 Å². The van der Waals surface area contributed by atoms with Gasteiger partial charge in [-0.15, -0.1) is 0 Å². The molecule has 0 bridgehead atoms. The maximum atomic E-state index is 12.3. The van der Waals surface area contributed by atoms with Gasteiger partial charge in [0, 0.05) is 12.6 Å². The van der Waals surface area contributed by atoms with Gasteiger partial charge >= 0.3 is 5.97 Å². The van der Waals surface area contributed by atoms with Gasteiger partial charge in [-0.05, 0) is 44.0 Å². The van der Waals surface area contributed by atoms with Crippen molar-refractivity contribution in [2.75, 3.05) is 7.11 Å². The van der Waals surface area contributed by atoms with Gasteiger partial charge in [-0.3, -0.25) is 4.79 Å². The highest BCUT2D eigenvalue weighted by Crippen LogP contribution is 2.20. The molecule has 0 aliphatic rings. The third-order valence-electron chi connectivity index (χ3n) is 3.70. The molecule has 2 aromatic carbocycles. The van der Waals surface area contributed by atoms with Crippen LogP contribution in [0, 0.1) is 0 Å². The molecule has 0 unspecified atom stereocenters. The SMILES string of the molecule is COc1ccc(CN[C@H](CC(=O)OC(C)(C)C)c2ccccc2)cc1. The predicted octanol–water partition coefficient (Wildman–Crippen LogP) is 4.26. The maximum Gasteiger partial charge on any atom is 0.308 e. The van der Waals surface area contributed by atoms with Gasteiger partial charge in [-0.2, -0.15) is 0 Å². The average Bonchev–Trinajstić information content (AvgIpc) is 2.58. The molecule has 0 aromatic heterocycles. The van der Waals surface area contributed by atoms with E-state index in [4.69, 9.17) is 9.47 Å². The summed E-state index contributed by atoms with van der Waals surface area (Å²) in [5.74, 6) is 0.626. The number of methoxy groups -OCH3 is 1. The number of rotatable bonds is 7. The van der Waals surface area contributed by atoms with Crippen molar-refractivity contribution in [3.8, 4) is 5.75 Å². The zero-order chi connectivity index (χ0) is 18.3. The number of carbonyl (C=O) groups excluding carboxylic acids is 1. The van der Waals surface area contributed by atoms with Crippen LogP contribution >= 0.6 is 0 Å². The van der Waals surface area contributed by atoms with Crippen LogP contribution in [0.4, 0.5) is 0 Å². The Hall–Kier alpha value is -2.33. The Morgan fingerprint density at radius 1 is 1.04 bits per heavy atom. The zero-order valence-electron chi connectivity index (χ0n) is 15.4. The summed E-state index contributed by atoms with van der Waals surface area (Å²) in [5, 5.41) is 3.46. The molecule has 0 saturated carbocycles. The quantitative estimate of drug-likeness (QED) is 0.765. The molecular weight excluding hydrogens is 314 g/mol. The standard InChI is InChI=1S/C21H27NO3/c1-21(2,3)25-20(23)14-19(17-8-6-5-7-9-17)22-15-16-10-12-18(24-4)13-11-16/h5-13,19,22H,14-15H2,1-4H3/t19-/m1/s1. The summed E-state index contributed by atoms with van der Waals surface area (Å²) in [4.78, 5) is 12.3. The number of benzene rings is 2. The van der Waals surface area contributed by atoms with Crippen molar-refractivity contribution in [2.45, 2.75) is 45.4 Å². The van der Waals surface area contributed by atoms with Crippen LogP contribution in [0.2, 0.25) is 0 Å². The summed E-state index contributed by atoms with van der Waals surface area (Å²) < 4.78 is 10.7. The van der Waals surface area contributed by atoms with Crippen LogP contribution in [-0.4, -0.2) is 18.7 Å². The molecule has 2 aromatic rings. The highest BCUT2D eigenvalue weighted by atomic mass is 16.6. The largest absolute Gasteiger partial charge is 0.497 e. The lowest BCUT2D eigenvalue weighted by Crippen LogP contribution is -2.29. The molecular formula is C21H27NO3. The van der Waals surface area contributed by atoms with E-state index < -0.39 is 5.60 Å². The Labute approximate surface area is 150 Å². The smallest absolute Gasteiger partial charge is 0.308 e. The molecule has 25 heavy (non-hydrogen) atoms. The topological polar surface area (TPSA) is 47.6 Å². The fourth-order valence-corrected chi connectivity index (χ4v) is 2.53. The Morgan fingerprint density at radius 3 is 2.24 bits per heavy atom. The van der Waals surface area contributed by atoms with E-state index in [0.29, 0.717) is 6.54 Å². The van der Waals surface area contributed by atoms with Crippen molar-refractivity contribution in [1.82, 2.24) is 5.32 Å². The second-order valence-corrected chi connectivity index (χ2v) is 6.98. The second-order valence-electron chi connectivity index (χ2n) is 6.98. The van der Waals surface area contributed by atoms with Crippen LogP contribution in [0.15, 0.2) is 54.6 Å². The first-order chi connectivity index (χ1) is 11.9. The van der Waals surface area contributed by atoms with E-state index in [1.54, 1.807) is 7.11 Å². The first-order valence-corrected chi connectivity index (χ1v) is 8.50. The summed E-state index contributed by atoms with van der Waals surface area (Å²) in [6.07, 6.45) is 0.289. The molecule has 0 aliphatic carbocycles. The lowest BCUT2D eigenvalue weighted by molar-refractivity contribution is -0.155. The van der Waals surface area contributed by atoms with Crippen LogP contribution in [-0.2, 0) is 16.1 Å². The minimum Gasteiger partial charge on any atom is -0.497 e. The van der Waals surface area contributed by atoms with Gasteiger partial charge in [0.2, 0.25) is 0 Å². The van der Waals surface area contributed by atoms with E-state index in [2.05, 4.69) is 5.32 Å². The highest BCUT2D eigenvalue weighted by molar-refractivity contribution is 5.71. The molecule has 2 rings (SSSR count). The number of nitrogens with one attached hydrogen (secondary N) is 1. The van der Waals surface area contributed by atoms with Crippen LogP contribution in [0.25, 0.3) is 0 Å². The molecule has 0 heterocycles. The maximum absolute atomic E-state index is 12.3. The van der Waals surface area contributed by atoms with E-state index in [0.717, 1.165) is 16.9 Å². The van der Waals surface area contributed by atoms with E-state index in [1.165, 1.54) is 0 Å². The molecule has 0 spiro atoms. The van der Waals surface area contributed by atoms with Gasteiger partial charge in [0.05, 0.1) is 13.5 Å². The van der Waals surface area contributed by atoms with Gasteiger partial charge in [0.15, 0.2) is 0 Å². The number of hydrogen-bond donors (Lipinski definition) is 1. The third-order valence-corrected chi connectivity index (χ3v) is 3.70. The predicted molar refractivity (Wildman–Crippen MR) is 99.5 cm³/mol. The fourth-order valence-electron chi connectivity index (χ4n) is 2.53. The first kappa shape index (κ1) is 19.0. The van der Waals surface area contributed by atoms with Gasteiger partial charge in [0.25, 0.3) is 0 Å². The minimum atomic E-state index is -0.478. The van der Waals surface area contributed by atoms with Crippen LogP contribution in [0.5, 0.6) is 5.75 Å². The normalized spacial score (nSPS) is 12.5. The molecule has 0 radical (unpaired) electrons. The zero-order valence-corrected chi connectivity index (χ0v) is 15.4. The van der Waals surface area contributed by atoms with Crippen molar-refractivity contribution in [1.29, 1.82) is 0 Å². The molecule has 4 nitrogen and oxygen atoms in total. The summed E-state index contributed by atoms with van der Waals surface area (Å²) in [6.45, 7) is 6.31. The van der Waals surface area contributed by atoms with Crippen molar-refractivity contribution < 1.29 is 14.3 Å². The summed E-state index contributed by atoms with van der Waals surface area (Å²) in [6, 6.07) is 17.8. The first-order valence-electron chi connectivity index (χ1n) is 8.50. The molecule has 134 valence electrons. The molecule has 0 fully saturated rings. The van der Waals surface area contributed by atoms with E-state index in [-0.39, 0.29) is 18.4 Å².